The molecule has 2 rings (SSSR count). The lowest BCUT2D eigenvalue weighted by atomic mass is 9.94. The first-order chi connectivity index (χ1) is 11.0. The van der Waals surface area contributed by atoms with Crippen LogP contribution in [-0.4, -0.2) is 42.5 Å². The molecule has 1 fully saturated rings. The van der Waals surface area contributed by atoms with Gasteiger partial charge in [0.25, 0.3) is 5.91 Å². The Morgan fingerprint density at radius 3 is 2.61 bits per heavy atom. The Balaban J connectivity index is 1.94. The van der Waals surface area contributed by atoms with E-state index in [1.54, 1.807) is 0 Å². The fourth-order valence-electron chi connectivity index (χ4n) is 3.09. The largest absolute Gasteiger partial charge is 0.348 e. The summed E-state index contributed by atoms with van der Waals surface area (Å²) in [5, 5.41) is 6.51. The first-order valence-electron chi connectivity index (χ1n) is 8.85. The average molecular weight is 317 g/mol. The van der Waals surface area contributed by atoms with Crippen LogP contribution >= 0.6 is 0 Å². The standard InChI is InChI=1S/C19H31N3O/c1-5-22(14(2)3)13-16-6-8-17(9-7-16)19(23)21-18-12-20-11-10-15(18)4/h6-9,14-15,18,20H,5,10-13H2,1-4H3,(H,21,23). The molecule has 4 nitrogen and oxygen atoms in total. The van der Waals surface area contributed by atoms with Gasteiger partial charge in [0, 0.05) is 30.7 Å². The fourth-order valence-corrected chi connectivity index (χ4v) is 3.09. The fraction of sp³-hybridized carbons (Fsp3) is 0.632. The molecule has 1 saturated heterocycles. The van der Waals surface area contributed by atoms with Crippen molar-refractivity contribution in [3.63, 3.8) is 0 Å². The van der Waals surface area contributed by atoms with E-state index in [0.29, 0.717) is 12.0 Å². The lowest BCUT2D eigenvalue weighted by molar-refractivity contribution is 0.0915. The van der Waals surface area contributed by atoms with E-state index in [1.807, 2.05) is 12.1 Å². The number of carbonyl (C=O) groups is 1. The monoisotopic (exact) mass is 317 g/mol. The maximum absolute atomic E-state index is 12.4. The summed E-state index contributed by atoms with van der Waals surface area (Å²) in [5.41, 5.74) is 2.00. The van der Waals surface area contributed by atoms with Crippen LogP contribution in [-0.2, 0) is 6.54 Å². The quantitative estimate of drug-likeness (QED) is 0.848. The molecule has 23 heavy (non-hydrogen) atoms. The Labute approximate surface area is 140 Å². The van der Waals surface area contributed by atoms with Crippen LogP contribution in [0.1, 0.15) is 50.0 Å². The smallest absolute Gasteiger partial charge is 0.251 e. The number of hydrogen-bond donors (Lipinski definition) is 2. The van der Waals surface area contributed by atoms with Crippen LogP contribution in [0, 0.1) is 5.92 Å². The summed E-state index contributed by atoms with van der Waals surface area (Å²) in [5.74, 6) is 0.567. The van der Waals surface area contributed by atoms with Gasteiger partial charge in [0.2, 0.25) is 0 Å². The first-order valence-corrected chi connectivity index (χ1v) is 8.85. The minimum atomic E-state index is 0.0355. The van der Waals surface area contributed by atoms with Crippen molar-refractivity contribution < 1.29 is 4.79 Å². The van der Waals surface area contributed by atoms with Crippen molar-refractivity contribution in [3.8, 4) is 0 Å². The number of hydrogen-bond acceptors (Lipinski definition) is 3. The molecule has 1 aliphatic heterocycles. The Morgan fingerprint density at radius 2 is 2.04 bits per heavy atom. The third kappa shape index (κ3) is 5.05. The summed E-state index contributed by atoms with van der Waals surface area (Å²) in [6.07, 6.45) is 1.12. The molecule has 2 unspecified atom stereocenters. The average Bonchev–Trinajstić information content (AvgIpc) is 2.55. The van der Waals surface area contributed by atoms with Crippen LogP contribution in [0.3, 0.4) is 0 Å². The van der Waals surface area contributed by atoms with Gasteiger partial charge in [-0.25, -0.2) is 0 Å². The first kappa shape index (κ1) is 18.0. The molecule has 4 heteroatoms. The molecule has 0 bridgehead atoms. The zero-order valence-electron chi connectivity index (χ0n) is 14.9. The van der Waals surface area contributed by atoms with Gasteiger partial charge in [0.1, 0.15) is 0 Å². The zero-order chi connectivity index (χ0) is 16.8. The number of rotatable bonds is 6. The van der Waals surface area contributed by atoms with E-state index in [4.69, 9.17) is 0 Å². The van der Waals surface area contributed by atoms with E-state index >= 15 is 0 Å². The van der Waals surface area contributed by atoms with Crippen LogP contribution in [0.25, 0.3) is 0 Å². The Morgan fingerprint density at radius 1 is 1.35 bits per heavy atom. The molecule has 0 saturated carbocycles. The normalized spacial score (nSPS) is 21.7. The topological polar surface area (TPSA) is 44.4 Å². The van der Waals surface area contributed by atoms with Gasteiger partial charge in [-0.15, -0.1) is 0 Å². The third-order valence-electron chi connectivity index (χ3n) is 4.88. The van der Waals surface area contributed by atoms with Crippen molar-refractivity contribution in [3.05, 3.63) is 35.4 Å². The summed E-state index contributed by atoms with van der Waals surface area (Å²) in [6, 6.07) is 8.79. The van der Waals surface area contributed by atoms with E-state index in [9.17, 15) is 4.79 Å². The highest BCUT2D eigenvalue weighted by Gasteiger charge is 2.23. The molecule has 128 valence electrons. The van der Waals surface area contributed by atoms with Gasteiger partial charge in [-0.3, -0.25) is 9.69 Å². The van der Waals surface area contributed by atoms with Gasteiger partial charge < -0.3 is 10.6 Å². The summed E-state index contributed by atoms with van der Waals surface area (Å²) < 4.78 is 0. The molecule has 1 aromatic rings. The van der Waals surface area contributed by atoms with Gasteiger partial charge in [0.05, 0.1) is 0 Å². The molecule has 0 aromatic heterocycles. The van der Waals surface area contributed by atoms with Crippen molar-refractivity contribution in [2.75, 3.05) is 19.6 Å². The van der Waals surface area contributed by atoms with E-state index < -0.39 is 0 Å². The van der Waals surface area contributed by atoms with Gasteiger partial charge >= 0.3 is 0 Å². The van der Waals surface area contributed by atoms with Crippen molar-refractivity contribution in [2.24, 2.45) is 5.92 Å². The van der Waals surface area contributed by atoms with Crippen molar-refractivity contribution in [1.82, 2.24) is 15.5 Å². The third-order valence-corrected chi connectivity index (χ3v) is 4.88. The number of amides is 1. The lowest BCUT2D eigenvalue weighted by Gasteiger charge is -2.30. The summed E-state index contributed by atoms with van der Waals surface area (Å²) >= 11 is 0. The van der Waals surface area contributed by atoms with Crippen LogP contribution in [0.4, 0.5) is 0 Å². The summed E-state index contributed by atoms with van der Waals surface area (Å²) in [7, 11) is 0. The van der Waals surface area contributed by atoms with Gasteiger partial charge in [-0.1, -0.05) is 26.0 Å². The Hall–Kier alpha value is -1.39. The second-order valence-corrected chi connectivity index (χ2v) is 6.90. The number of nitrogens with zero attached hydrogens (tertiary/aromatic N) is 1. The van der Waals surface area contributed by atoms with Crippen molar-refractivity contribution in [2.45, 2.75) is 52.7 Å². The molecule has 0 radical (unpaired) electrons. The molecular formula is C19H31N3O. The molecular weight excluding hydrogens is 286 g/mol. The van der Waals surface area contributed by atoms with E-state index in [-0.39, 0.29) is 11.9 Å². The molecule has 1 aromatic carbocycles. The highest BCUT2D eigenvalue weighted by atomic mass is 16.1. The molecule has 1 heterocycles. The Kier molecular flexibility index (Phi) is 6.60. The lowest BCUT2D eigenvalue weighted by Crippen LogP contribution is -2.50. The van der Waals surface area contributed by atoms with Crippen LogP contribution < -0.4 is 10.6 Å². The molecule has 0 aliphatic carbocycles. The maximum Gasteiger partial charge on any atom is 0.251 e. The predicted molar refractivity (Wildman–Crippen MR) is 95.6 cm³/mol. The molecule has 1 amide bonds. The van der Waals surface area contributed by atoms with Crippen LogP contribution in [0.2, 0.25) is 0 Å². The number of benzene rings is 1. The summed E-state index contributed by atoms with van der Waals surface area (Å²) in [6.45, 7) is 12.7. The minimum absolute atomic E-state index is 0.0355. The number of carbonyl (C=O) groups excluding carboxylic acids is 1. The zero-order valence-corrected chi connectivity index (χ0v) is 14.9. The van der Waals surface area contributed by atoms with E-state index in [1.165, 1.54) is 5.56 Å². The van der Waals surface area contributed by atoms with E-state index in [0.717, 1.165) is 38.2 Å². The van der Waals surface area contributed by atoms with Gasteiger partial charge in [-0.05, 0) is 57.0 Å². The SMILES string of the molecule is CCN(Cc1ccc(C(=O)NC2CNCCC2C)cc1)C(C)C. The predicted octanol–water partition coefficient (Wildman–Crippen LogP) is 2.64. The summed E-state index contributed by atoms with van der Waals surface area (Å²) in [4.78, 5) is 14.8. The highest BCUT2D eigenvalue weighted by molar-refractivity contribution is 5.94. The van der Waals surface area contributed by atoms with Crippen LogP contribution in [0.5, 0.6) is 0 Å². The number of piperidine rings is 1. The Bertz CT molecular complexity index is 498. The second-order valence-electron chi connectivity index (χ2n) is 6.90. The molecule has 2 N–H and O–H groups in total. The minimum Gasteiger partial charge on any atom is -0.348 e. The highest BCUT2D eigenvalue weighted by Crippen LogP contribution is 2.13. The van der Waals surface area contributed by atoms with E-state index in [2.05, 4.69) is 55.4 Å². The number of nitrogens with one attached hydrogen (secondary N) is 2. The van der Waals surface area contributed by atoms with Gasteiger partial charge in [-0.2, -0.15) is 0 Å². The van der Waals surface area contributed by atoms with Crippen LogP contribution in [0.15, 0.2) is 24.3 Å². The second kappa shape index (κ2) is 8.46. The van der Waals surface area contributed by atoms with Gasteiger partial charge in [0.15, 0.2) is 0 Å². The molecule has 2 atom stereocenters. The molecule has 0 spiro atoms. The molecule has 1 aliphatic rings. The maximum atomic E-state index is 12.4. The van der Waals surface area contributed by atoms with Crippen molar-refractivity contribution >= 4 is 5.91 Å². The van der Waals surface area contributed by atoms with Crippen molar-refractivity contribution in [1.29, 1.82) is 0 Å².